The largest absolute Gasteiger partial charge is 0.300 e. The minimum absolute atomic E-state index is 0.760. The van der Waals surface area contributed by atoms with Crippen molar-refractivity contribution in [3.05, 3.63) is 28.6 Å². The molecule has 0 radical (unpaired) electrons. The van der Waals surface area contributed by atoms with Gasteiger partial charge in [0.2, 0.25) is 0 Å². The molecule has 1 unspecified atom stereocenters. The molecule has 1 aromatic heterocycles. The molecule has 0 fully saturated rings. The molecule has 0 saturated carbocycles. The van der Waals surface area contributed by atoms with E-state index in [9.17, 15) is 0 Å². The van der Waals surface area contributed by atoms with Crippen molar-refractivity contribution < 1.29 is 0 Å². The smallest absolute Gasteiger partial charge is 0.0584 e. The van der Waals surface area contributed by atoms with Crippen LogP contribution in [0.15, 0.2) is 6.07 Å². The van der Waals surface area contributed by atoms with Crippen LogP contribution in [0.2, 0.25) is 0 Å². The lowest BCUT2D eigenvalue weighted by Crippen LogP contribution is -2.33. The third-order valence-electron chi connectivity index (χ3n) is 3.71. The number of aromatic nitrogens is 1. The van der Waals surface area contributed by atoms with Gasteiger partial charge in [0.15, 0.2) is 0 Å². The van der Waals surface area contributed by atoms with E-state index in [0.717, 1.165) is 12.5 Å². The lowest BCUT2D eigenvalue weighted by atomic mass is 9.79. The first-order valence-corrected chi connectivity index (χ1v) is 5.92. The summed E-state index contributed by atoms with van der Waals surface area (Å²) in [5.74, 6) is 0.760. The van der Waals surface area contributed by atoms with Crippen molar-refractivity contribution in [2.24, 2.45) is 0 Å². The van der Waals surface area contributed by atoms with Crippen LogP contribution in [-0.2, 0) is 13.0 Å². The van der Waals surface area contributed by atoms with Crippen molar-refractivity contribution >= 4 is 0 Å². The molecule has 0 spiro atoms. The quantitative estimate of drug-likeness (QED) is 0.641. The predicted molar refractivity (Wildman–Crippen MR) is 61.0 cm³/mol. The van der Waals surface area contributed by atoms with Gasteiger partial charge in [0.1, 0.15) is 0 Å². The highest BCUT2D eigenvalue weighted by atomic mass is 15.1. The third-order valence-corrected chi connectivity index (χ3v) is 3.71. The fraction of sp³-hybridized carbons (Fsp3) is 0.615. The first-order valence-electron chi connectivity index (χ1n) is 5.92. The molecule has 1 aliphatic heterocycles. The average Bonchev–Trinajstić information content (AvgIpc) is 2.16. The van der Waals surface area contributed by atoms with Gasteiger partial charge in [-0.3, -0.25) is 9.88 Å². The summed E-state index contributed by atoms with van der Waals surface area (Å²) in [4.78, 5) is 7.13. The minimum atomic E-state index is 0.760. The van der Waals surface area contributed by atoms with Crippen LogP contribution in [0.5, 0.6) is 0 Å². The maximum absolute atomic E-state index is 4.72. The Labute approximate surface area is 91.3 Å². The molecule has 0 aromatic carbocycles. The Balaban J connectivity index is 2.16. The Bertz CT molecular complexity index is 398. The van der Waals surface area contributed by atoms with Gasteiger partial charge in [0.05, 0.1) is 5.69 Å². The summed E-state index contributed by atoms with van der Waals surface area (Å²) in [5.41, 5.74) is 5.73. The van der Waals surface area contributed by atoms with E-state index in [1.807, 2.05) is 0 Å². The molecule has 0 bridgehead atoms. The van der Waals surface area contributed by atoms with Crippen LogP contribution in [0.25, 0.3) is 0 Å². The molecule has 1 aromatic rings. The standard InChI is InChI=1S/C13H18N2/c1-9-6-10-4-3-5-11-7-15(2)8-12(14-9)13(10)11/h6,11H,3-5,7-8H2,1-2H3. The molecule has 15 heavy (non-hydrogen) atoms. The van der Waals surface area contributed by atoms with E-state index < -0.39 is 0 Å². The second-order valence-electron chi connectivity index (χ2n) is 5.07. The van der Waals surface area contributed by atoms with E-state index in [1.165, 1.54) is 37.2 Å². The lowest BCUT2D eigenvalue weighted by molar-refractivity contribution is 0.261. The topological polar surface area (TPSA) is 16.1 Å². The molecule has 80 valence electrons. The summed E-state index contributed by atoms with van der Waals surface area (Å²) < 4.78 is 0. The summed E-state index contributed by atoms with van der Waals surface area (Å²) in [6, 6.07) is 2.30. The second kappa shape index (κ2) is 3.31. The van der Waals surface area contributed by atoms with Crippen molar-refractivity contribution in [2.75, 3.05) is 13.6 Å². The highest BCUT2D eigenvalue weighted by Crippen LogP contribution is 2.37. The first-order chi connectivity index (χ1) is 7.24. The van der Waals surface area contributed by atoms with E-state index in [2.05, 4.69) is 24.9 Å². The Morgan fingerprint density at radius 2 is 2.33 bits per heavy atom. The van der Waals surface area contributed by atoms with Gasteiger partial charge in [-0.25, -0.2) is 0 Å². The SMILES string of the molecule is Cc1cc2c3c(n1)CN(C)CC3CCC2. The summed E-state index contributed by atoms with van der Waals surface area (Å²) in [6.45, 7) is 4.39. The van der Waals surface area contributed by atoms with E-state index in [-0.39, 0.29) is 0 Å². The molecule has 3 rings (SSSR count). The van der Waals surface area contributed by atoms with Gasteiger partial charge >= 0.3 is 0 Å². The molecular formula is C13H18N2. The molecular weight excluding hydrogens is 184 g/mol. The van der Waals surface area contributed by atoms with E-state index in [0.29, 0.717) is 0 Å². The van der Waals surface area contributed by atoms with Gasteiger partial charge in [-0.05, 0) is 56.3 Å². The summed E-state index contributed by atoms with van der Waals surface area (Å²) in [7, 11) is 2.21. The van der Waals surface area contributed by atoms with Crippen molar-refractivity contribution in [1.29, 1.82) is 0 Å². The average molecular weight is 202 g/mol. The third kappa shape index (κ3) is 1.48. The minimum Gasteiger partial charge on any atom is -0.300 e. The molecule has 0 amide bonds. The van der Waals surface area contributed by atoms with Crippen molar-refractivity contribution in [3.63, 3.8) is 0 Å². The number of pyridine rings is 1. The van der Waals surface area contributed by atoms with Gasteiger partial charge in [0.25, 0.3) is 0 Å². The molecule has 2 nitrogen and oxygen atoms in total. The highest BCUT2D eigenvalue weighted by molar-refractivity contribution is 5.39. The molecule has 2 aliphatic rings. The molecule has 2 heterocycles. The zero-order valence-corrected chi connectivity index (χ0v) is 9.58. The Morgan fingerprint density at radius 1 is 1.47 bits per heavy atom. The second-order valence-corrected chi connectivity index (χ2v) is 5.07. The fourth-order valence-electron chi connectivity index (χ4n) is 3.21. The number of hydrogen-bond acceptors (Lipinski definition) is 2. The fourth-order valence-corrected chi connectivity index (χ4v) is 3.21. The predicted octanol–water partition coefficient (Wildman–Crippen LogP) is 2.26. The Morgan fingerprint density at radius 3 is 3.20 bits per heavy atom. The zero-order valence-electron chi connectivity index (χ0n) is 9.58. The monoisotopic (exact) mass is 202 g/mol. The van der Waals surface area contributed by atoms with Crippen molar-refractivity contribution in [1.82, 2.24) is 9.88 Å². The normalized spacial score (nSPS) is 25.1. The first kappa shape index (κ1) is 9.34. The van der Waals surface area contributed by atoms with Gasteiger partial charge in [0, 0.05) is 18.8 Å². The lowest BCUT2D eigenvalue weighted by Gasteiger charge is -2.36. The summed E-state index contributed by atoms with van der Waals surface area (Å²) in [6.07, 6.45) is 3.98. The van der Waals surface area contributed by atoms with Crippen LogP contribution in [0, 0.1) is 6.92 Å². The van der Waals surface area contributed by atoms with Crippen LogP contribution < -0.4 is 0 Å². The van der Waals surface area contributed by atoms with Crippen molar-refractivity contribution in [2.45, 2.75) is 38.6 Å². The molecule has 1 atom stereocenters. The van der Waals surface area contributed by atoms with Crippen LogP contribution in [0.1, 0.15) is 41.3 Å². The van der Waals surface area contributed by atoms with E-state index in [1.54, 1.807) is 11.1 Å². The van der Waals surface area contributed by atoms with Crippen LogP contribution in [-0.4, -0.2) is 23.5 Å². The highest BCUT2D eigenvalue weighted by Gasteiger charge is 2.29. The molecule has 0 saturated heterocycles. The Hall–Kier alpha value is -0.890. The van der Waals surface area contributed by atoms with Crippen LogP contribution >= 0.6 is 0 Å². The number of nitrogens with zero attached hydrogens (tertiary/aromatic N) is 2. The maximum Gasteiger partial charge on any atom is 0.0584 e. The van der Waals surface area contributed by atoms with E-state index >= 15 is 0 Å². The van der Waals surface area contributed by atoms with Crippen LogP contribution in [0.3, 0.4) is 0 Å². The number of hydrogen-bond donors (Lipinski definition) is 0. The van der Waals surface area contributed by atoms with Gasteiger partial charge < -0.3 is 0 Å². The molecule has 1 aliphatic carbocycles. The summed E-state index contributed by atoms with van der Waals surface area (Å²) >= 11 is 0. The number of rotatable bonds is 0. The van der Waals surface area contributed by atoms with Gasteiger partial charge in [-0.15, -0.1) is 0 Å². The van der Waals surface area contributed by atoms with Crippen molar-refractivity contribution in [3.8, 4) is 0 Å². The zero-order chi connectivity index (χ0) is 10.4. The summed E-state index contributed by atoms with van der Waals surface area (Å²) in [5, 5.41) is 0. The van der Waals surface area contributed by atoms with Gasteiger partial charge in [-0.2, -0.15) is 0 Å². The molecule has 0 N–H and O–H groups in total. The van der Waals surface area contributed by atoms with E-state index in [4.69, 9.17) is 4.98 Å². The molecule has 2 heteroatoms. The maximum atomic E-state index is 4.72. The van der Waals surface area contributed by atoms with Crippen LogP contribution in [0.4, 0.5) is 0 Å². The van der Waals surface area contributed by atoms with Gasteiger partial charge in [-0.1, -0.05) is 0 Å². The number of aryl methyl sites for hydroxylation is 2. The number of likely N-dealkylation sites (N-methyl/N-ethyl adjacent to an activating group) is 1. The Kier molecular flexibility index (Phi) is 2.06.